The second-order valence-corrected chi connectivity index (χ2v) is 10.1. The molecule has 0 amide bonds. The van der Waals surface area contributed by atoms with E-state index >= 15 is 0 Å². The lowest BCUT2D eigenvalue weighted by Gasteiger charge is -2.15. The summed E-state index contributed by atoms with van der Waals surface area (Å²) in [5.74, 6) is 0. The number of fused-ring (bicyclic) bond motifs is 1. The van der Waals surface area contributed by atoms with Crippen LogP contribution in [0.2, 0.25) is 5.02 Å². The van der Waals surface area contributed by atoms with Crippen molar-refractivity contribution in [1.29, 1.82) is 0 Å². The summed E-state index contributed by atoms with van der Waals surface area (Å²) in [6, 6.07) is 18.3. The van der Waals surface area contributed by atoms with Crippen molar-refractivity contribution in [2.45, 2.75) is 18.2 Å². The van der Waals surface area contributed by atoms with Crippen LogP contribution in [-0.4, -0.2) is 30.5 Å². The van der Waals surface area contributed by atoms with Gasteiger partial charge < -0.3 is 5.32 Å². The molecule has 2 aromatic heterocycles. The lowest BCUT2D eigenvalue weighted by atomic mass is 9.98. The number of aromatic nitrogens is 2. The van der Waals surface area contributed by atoms with E-state index in [0.29, 0.717) is 21.7 Å². The van der Waals surface area contributed by atoms with Crippen LogP contribution in [0.5, 0.6) is 0 Å². The summed E-state index contributed by atoms with van der Waals surface area (Å²) < 4.78 is 28.7. The van der Waals surface area contributed by atoms with Crippen LogP contribution in [-0.2, 0) is 10.0 Å². The van der Waals surface area contributed by atoms with Gasteiger partial charge in [-0.3, -0.25) is 0 Å². The van der Waals surface area contributed by atoms with Gasteiger partial charge in [0.1, 0.15) is 0 Å². The summed E-state index contributed by atoms with van der Waals surface area (Å²) in [5.41, 5.74) is 5.08. The predicted octanol–water partition coefficient (Wildman–Crippen LogP) is 5.28. The molecule has 1 aliphatic rings. The maximum atomic E-state index is 13.7. The van der Waals surface area contributed by atoms with E-state index in [-0.39, 0.29) is 4.90 Å². The molecule has 0 saturated carbocycles. The lowest BCUT2D eigenvalue weighted by molar-refractivity contribution is 0.589. The van der Waals surface area contributed by atoms with Crippen LogP contribution in [0.1, 0.15) is 17.5 Å². The second-order valence-electron chi connectivity index (χ2n) is 7.90. The maximum Gasteiger partial charge on any atom is 0.269 e. The Hall–Kier alpha value is -2.93. The fourth-order valence-corrected chi connectivity index (χ4v) is 5.72. The van der Waals surface area contributed by atoms with Crippen LogP contribution in [0.3, 0.4) is 0 Å². The molecule has 0 aliphatic carbocycles. The molecule has 32 heavy (non-hydrogen) atoms. The first-order valence-corrected chi connectivity index (χ1v) is 12.3. The average Bonchev–Trinajstić information content (AvgIpc) is 3.22. The molecular weight excluding hydrogens is 442 g/mol. The Bertz CT molecular complexity index is 1440. The molecule has 0 saturated heterocycles. The zero-order valence-corrected chi connectivity index (χ0v) is 19.1. The van der Waals surface area contributed by atoms with Gasteiger partial charge in [0.05, 0.1) is 15.6 Å². The average molecular weight is 464 g/mol. The minimum Gasteiger partial charge on any atom is -0.313 e. The highest BCUT2D eigenvalue weighted by molar-refractivity contribution is 7.90. The van der Waals surface area contributed by atoms with Gasteiger partial charge in [0.2, 0.25) is 0 Å². The minimum atomic E-state index is -3.89. The van der Waals surface area contributed by atoms with Crippen molar-refractivity contribution in [1.82, 2.24) is 14.3 Å². The maximum absolute atomic E-state index is 13.7. The lowest BCUT2D eigenvalue weighted by Crippen LogP contribution is -2.19. The van der Waals surface area contributed by atoms with E-state index in [0.717, 1.165) is 36.2 Å². The molecule has 4 aromatic rings. The Morgan fingerprint density at radius 2 is 1.72 bits per heavy atom. The highest BCUT2D eigenvalue weighted by Crippen LogP contribution is 2.35. The zero-order chi connectivity index (χ0) is 22.3. The van der Waals surface area contributed by atoms with Gasteiger partial charge in [-0.05, 0) is 60.9 Å². The van der Waals surface area contributed by atoms with Crippen molar-refractivity contribution < 1.29 is 8.42 Å². The van der Waals surface area contributed by atoms with Crippen LogP contribution in [0, 0.1) is 6.92 Å². The molecule has 0 atom stereocenters. The van der Waals surface area contributed by atoms with Crippen LogP contribution in [0.15, 0.2) is 77.8 Å². The number of pyridine rings is 1. The minimum absolute atomic E-state index is 0.208. The number of hydrogen-bond donors (Lipinski definition) is 1. The number of rotatable bonds is 4. The second kappa shape index (κ2) is 8.20. The Morgan fingerprint density at radius 1 is 1.00 bits per heavy atom. The van der Waals surface area contributed by atoms with Gasteiger partial charge in [0.25, 0.3) is 10.0 Å². The van der Waals surface area contributed by atoms with E-state index in [1.807, 2.05) is 31.2 Å². The highest BCUT2D eigenvalue weighted by atomic mass is 35.5. The van der Waals surface area contributed by atoms with Gasteiger partial charge in [-0.1, -0.05) is 59.6 Å². The molecular formula is C25H22ClN3O2S. The molecule has 5 rings (SSSR count). The molecule has 0 bridgehead atoms. The predicted molar refractivity (Wildman–Crippen MR) is 129 cm³/mol. The topological polar surface area (TPSA) is 64.0 Å². The van der Waals surface area contributed by atoms with E-state index in [4.69, 9.17) is 11.6 Å². The van der Waals surface area contributed by atoms with Crippen molar-refractivity contribution >= 4 is 38.2 Å². The normalized spacial score (nSPS) is 14.5. The monoisotopic (exact) mass is 463 g/mol. The zero-order valence-electron chi connectivity index (χ0n) is 17.5. The molecule has 0 spiro atoms. The number of aryl methyl sites for hydroxylation is 1. The smallest absolute Gasteiger partial charge is 0.269 e. The van der Waals surface area contributed by atoms with E-state index in [1.54, 1.807) is 36.4 Å². The molecule has 0 radical (unpaired) electrons. The first kappa shape index (κ1) is 20.9. The summed E-state index contributed by atoms with van der Waals surface area (Å²) in [5, 5.41) is 4.38. The van der Waals surface area contributed by atoms with E-state index in [1.165, 1.54) is 15.7 Å². The van der Waals surface area contributed by atoms with Crippen LogP contribution >= 0.6 is 11.6 Å². The fourth-order valence-electron chi connectivity index (χ4n) is 4.04. The summed E-state index contributed by atoms with van der Waals surface area (Å²) in [6.07, 6.45) is 4.70. The number of hydrogen-bond acceptors (Lipinski definition) is 4. The molecule has 1 aliphatic heterocycles. The van der Waals surface area contributed by atoms with Gasteiger partial charge in [-0.15, -0.1) is 0 Å². The number of nitrogens with one attached hydrogen (secondary N) is 1. The van der Waals surface area contributed by atoms with Gasteiger partial charge in [0, 0.05) is 18.1 Å². The van der Waals surface area contributed by atoms with Crippen LogP contribution in [0.4, 0.5) is 0 Å². The Labute approximate surface area is 192 Å². The van der Waals surface area contributed by atoms with Gasteiger partial charge >= 0.3 is 0 Å². The SMILES string of the molecule is Cc1ccc(S(=O)(=O)n2c(-c3ccc(C4=CCNCC4)cc3)cc3c(Cl)ccnc32)cc1. The number of halogens is 1. The highest BCUT2D eigenvalue weighted by Gasteiger charge is 2.25. The van der Waals surface area contributed by atoms with E-state index < -0.39 is 10.0 Å². The Balaban J connectivity index is 1.69. The number of benzene rings is 2. The van der Waals surface area contributed by atoms with Crippen LogP contribution < -0.4 is 5.32 Å². The quantitative estimate of drug-likeness (QED) is 0.447. The molecule has 0 unspecified atom stereocenters. The summed E-state index contributed by atoms with van der Waals surface area (Å²) in [6.45, 7) is 3.75. The molecule has 1 N–H and O–H groups in total. The third kappa shape index (κ3) is 3.64. The van der Waals surface area contributed by atoms with Crippen molar-refractivity contribution in [3.8, 4) is 11.3 Å². The molecule has 2 aromatic carbocycles. The first-order valence-electron chi connectivity index (χ1n) is 10.4. The summed E-state index contributed by atoms with van der Waals surface area (Å²) in [4.78, 5) is 4.58. The summed E-state index contributed by atoms with van der Waals surface area (Å²) >= 11 is 6.41. The van der Waals surface area contributed by atoms with E-state index in [9.17, 15) is 8.42 Å². The summed E-state index contributed by atoms with van der Waals surface area (Å²) in [7, 11) is -3.89. The number of nitrogens with zero attached hydrogens (tertiary/aromatic N) is 2. The van der Waals surface area contributed by atoms with Crippen LogP contribution in [0.25, 0.3) is 27.9 Å². The van der Waals surface area contributed by atoms with Crippen molar-refractivity contribution in [2.75, 3.05) is 13.1 Å². The van der Waals surface area contributed by atoms with Crippen molar-refractivity contribution in [2.24, 2.45) is 0 Å². The molecule has 7 heteroatoms. The molecule has 0 fully saturated rings. The first-order chi connectivity index (χ1) is 15.4. The molecule has 162 valence electrons. The van der Waals surface area contributed by atoms with E-state index in [2.05, 4.69) is 16.4 Å². The Morgan fingerprint density at radius 3 is 2.41 bits per heavy atom. The third-order valence-electron chi connectivity index (χ3n) is 5.78. The Kier molecular flexibility index (Phi) is 5.37. The van der Waals surface area contributed by atoms with Gasteiger partial charge in [-0.2, -0.15) is 0 Å². The molecule has 3 heterocycles. The fraction of sp³-hybridized carbons (Fsp3) is 0.160. The largest absolute Gasteiger partial charge is 0.313 e. The third-order valence-corrected chi connectivity index (χ3v) is 7.83. The molecule has 5 nitrogen and oxygen atoms in total. The van der Waals surface area contributed by atoms with Crippen molar-refractivity contribution in [3.05, 3.63) is 89.1 Å². The van der Waals surface area contributed by atoms with Gasteiger partial charge in [-0.25, -0.2) is 17.4 Å². The standard InChI is InChI=1S/C25H22ClN3O2S/c1-17-2-8-21(9-3-17)32(30,31)29-24(16-22-23(26)12-15-28-25(22)29)20-6-4-18(5-7-20)19-10-13-27-14-11-19/h2-10,12,15-16,27H,11,13-14H2,1H3. The van der Waals surface area contributed by atoms with Gasteiger partial charge in [0.15, 0.2) is 5.65 Å². The van der Waals surface area contributed by atoms with Crippen molar-refractivity contribution in [3.63, 3.8) is 0 Å².